The van der Waals surface area contributed by atoms with E-state index >= 15 is 0 Å². The molecule has 1 aromatic rings. The quantitative estimate of drug-likeness (QED) is 0.425. The number of hydrogen-bond acceptors (Lipinski definition) is 5. The minimum Gasteiger partial charge on any atom is -0.394 e. The van der Waals surface area contributed by atoms with Crippen molar-refractivity contribution in [2.75, 3.05) is 26.4 Å². The maximum Gasteiger partial charge on any atom is 0.288 e. The third kappa shape index (κ3) is 4.97. The van der Waals surface area contributed by atoms with E-state index in [2.05, 4.69) is 5.32 Å². The number of hydrogen-bond donors (Lipinski definition) is 2. The standard InChI is InChI=1S/C11H15ClN2O4/c12-10-2-1-9(7-11(10)14(16)17)8-13-3-5-18-6-4-15/h1-2,7,13,15H,3-6,8H2. The molecule has 0 saturated carbocycles. The Morgan fingerprint density at radius 1 is 1.44 bits per heavy atom. The molecule has 0 spiro atoms. The molecular weight excluding hydrogens is 260 g/mol. The number of nitro groups is 1. The van der Waals surface area contributed by atoms with Crippen LogP contribution in [0.2, 0.25) is 5.02 Å². The summed E-state index contributed by atoms with van der Waals surface area (Å²) in [6, 6.07) is 4.69. The highest BCUT2D eigenvalue weighted by Gasteiger charge is 2.12. The van der Waals surface area contributed by atoms with Crippen LogP contribution < -0.4 is 5.32 Å². The van der Waals surface area contributed by atoms with Crippen LogP contribution in [0, 0.1) is 10.1 Å². The third-order valence-corrected chi connectivity index (χ3v) is 2.51. The van der Waals surface area contributed by atoms with Crippen molar-refractivity contribution in [2.24, 2.45) is 0 Å². The summed E-state index contributed by atoms with van der Waals surface area (Å²) in [6.07, 6.45) is 0. The van der Waals surface area contributed by atoms with Gasteiger partial charge in [0.05, 0.1) is 24.7 Å². The predicted molar refractivity (Wildman–Crippen MR) is 67.7 cm³/mol. The molecule has 0 aromatic heterocycles. The van der Waals surface area contributed by atoms with Gasteiger partial charge in [0.15, 0.2) is 0 Å². The van der Waals surface area contributed by atoms with Gasteiger partial charge in [0, 0.05) is 19.2 Å². The van der Waals surface area contributed by atoms with Gasteiger partial charge in [-0.15, -0.1) is 0 Å². The Balaban J connectivity index is 2.38. The fraction of sp³-hybridized carbons (Fsp3) is 0.455. The Kier molecular flexibility index (Phi) is 6.59. The summed E-state index contributed by atoms with van der Waals surface area (Å²) in [7, 11) is 0. The first kappa shape index (κ1) is 14.8. The van der Waals surface area contributed by atoms with Crippen LogP contribution in [0.15, 0.2) is 18.2 Å². The molecule has 0 radical (unpaired) electrons. The van der Waals surface area contributed by atoms with Gasteiger partial charge in [-0.05, 0) is 11.6 Å². The van der Waals surface area contributed by atoms with E-state index < -0.39 is 4.92 Å². The lowest BCUT2D eigenvalue weighted by atomic mass is 10.2. The molecule has 0 atom stereocenters. The van der Waals surface area contributed by atoms with E-state index in [1.54, 1.807) is 6.07 Å². The molecule has 0 aliphatic carbocycles. The zero-order valence-electron chi connectivity index (χ0n) is 9.76. The van der Waals surface area contributed by atoms with Gasteiger partial charge in [-0.25, -0.2) is 0 Å². The SMILES string of the molecule is O=[N+]([O-])c1cc(CNCCOCCO)ccc1Cl. The van der Waals surface area contributed by atoms with Gasteiger partial charge < -0.3 is 15.2 Å². The van der Waals surface area contributed by atoms with Crippen LogP contribution in [0.1, 0.15) is 5.56 Å². The highest BCUT2D eigenvalue weighted by Crippen LogP contribution is 2.24. The van der Waals surface area contributed by atoms with Gasteiger partial charge in [-0.2, -0.15) is 0 Å². The van der Waals surface area contributed by atoms with E-state index in [0.717, 1.165) is 5.56 Å². The Bertz CT molecular complexity index is 401. The van der Waals surface area contributed by atoms with E-state index in [-0.39, 0.29) is 17.3 Å². The van der Waals surface area contributed by atoms with Gasteiger partial charge in [0.1, 0.15) is 5.02 Å². The van der Waals surface area contributed by atoms with Crippen LogP contribution in [0.5, 0.6) is 0 Å². The molecule has 6 nitrogen and oxygen atoms in total. The number of rotatable bonds is 8. The molecule has 0 aliphatic rings. The van der Waals surface area contributed by atoms with E-state index in [4.69, 9.17) is 21.4 Å². The highest BCUT2D eigenvalue weighted by atomic mass is 35.5. The Hall–Kier alpha value is -1.21. The Morgan fingerprint density at radius 3 is 2.89 bits per heavy atom. The predicted octanol–water partition coefficient (Wildman–Crippen LogP) is 1.35. The number of benzene rings is 1. The molecule has 0 heterocycles. The summed E-state index contributed by atoms with van der Waals surface area (Å²) in [5.74, 6) is 0. The average Bonchev–Trinajstić information content (AvgIpc) is 2.35. The van der Waals surface area contributed by atoms with Gasteiger partial charge in [0.25, 0.3) is 5.69 Å². The minimum absolute atomic E-state index is 0.00335. The molecule has 0 amide bonds. The van der Waals surface area contributed by atoms with E-state index in [9.17, 15) is 10.1 Å². The van der Waals surface area contributed by atoms with Crippen LogP contribution in [0.3, 0.4) is 0 Å². The van der Waals surface area contributed by atoms with E-state index in [1.165, 1.54) is 12.1 Å². The molecule has 0 bridgehead atoms. The first-order chi connectivity index (χ1) is 8.65. The van der Waals surface area contributed by atoms with Gasteiger partial charge in [-0.1, -0.05) is 17.7 Å². The number of ether oxygens (including phenoxy) is 1. The molecule has 1 rings (SSSR count). The first-order valence-electron chi connectivity index (χ1n) is 5.47. The second-order valence-corrected chi connectivity index (χ2v) is 3.96. The fourth-order valence-electron chi connectivity index (χ4n) is 1.35. The average molecular weight is 275 g/mol. The largest absolute Gasteiger partial charge is 0.394 e. The molecule has 0 aliphatic heterocycles. The second-order valence-electron chi connectivity index (χ2n) is 3.56. The fourth-order valence-corrected chi connectivity index (χ4v) is 1.54. The number of halogens is 1. The highest BCUT2D eigenvalue weighted by molar-refractivity contribution is 6.32. The van der Waals surface area contributed by atoms with Crippen molar-refractivity contribution in [3.8, 4) is 0 Å². The summed E-state index contributed by atoms with van der Waals surface area (Å²) < 4.78 is 5.06. The Morgan fingerprint density at radius 2 is 2.22 bits per heavy atom. The minimum atomic E-state index is -0.504. The van der Waals surface area contributed by atoms with Gasteiger partial charge in [0.2, 0.25) is 0 Å². The normalized spacial score (nSPS) is 10.6. The van der Waals surface area contributed by atoms with Crippen LogP contribution in [-0.4, -0.2) is 36.4 Å². The molecule has 1 aromatic carbocycles. The molecular formula is C11H15ClN2O4. The molecule has 2 N–H and O–H groups in total. The number of nitrogens with one attached hydrogen (secondary N) is 1. The summed E-state index contributed by atoms with van der Waals surface area (Å²) in [6.45, 7) is 1.91. The van der Waals surface area contributed by atoms with E-state index in [0.29, 0.717) is 26.3 Å². The molecule has 18 heavy (non-hydrogen) atoms. The maximum atomic E-state index is 10.7. The van der Waals surface area contributed by atoms with Crippen molar-refractivity contribution >= 4 is 17.3 Å². The smallest absolute Gasteiger partial charge is 0.288 e. The van der Waals surface area contributed by atoms with Crippen molar-refractivity contribution in [1.29, 1.82) is 0 Å². The summed E-state index contributed by atoms with van der Waals surface area (Å²) in [4.78, 5) is 10.2. The number of nitrogens with zero attached hydrogens (tertiary/aromatic N) is 1. The van der Waals surface area contributed by atoms with Crippen molar-refractivity contribution in [2.45, 2.75) is 6.54 Å². The zero-order valence-corrected chi connectivity index (χ0v) is 10.5. The number of aliphatic hydroxyl groups is 1. The maximum absolute atomic E-state index is 10.7. The number of nitro benzene ring substituents is 1. The van der Waals surface area contributed by atoms with Crippen LogP contribution in [0.25, 0.3) is 0 Å². The summed E-state index contributed by atoms with van der Waals surface area (Å²) >= 11 is 5.70. The molecule has 0 fully saturated rings. The lowest BCUT2D eigenvalue weighted by Gasteiger charge is -2.06. The molecule has 100 valence electrons. The third-order valence-electron chi connectivity index (χ3n) is 2.20. The first-order valence-corrected chi connectivity index (χ1v) is 5.85. The van der Waals surface area contributed by atoms with E-state index in [1.807, 2.05) is 0 Å². The Labute approximate surface area is 110 Å². The second kappa shape index (κ2) is 7.99. The topological polar surface area (TPSA) is 84.6 Å². The number of aliphatic hydroxyl groups excluding tert-OH is 1. The molecule has 7 heteroatoms. The van der Waals surface area contributed by atoms with Crippen LogP contribution in [0.4, 0.5) is 5.69 Å². The van der Waals surface area contributed by atoms with Crippen LogP contribution >= 0.6 is 11.6 Å². The summed E-state index contributed by atoms with van der Waals surface area (Å²) in [5, 5.41) is 22.4. The van der Waals surface area contributed by atoms with Crippen molar-refractivity contribution in [3.05, 3.63) is 38.9 Å². The van der Waals surface area contributed by atoms with Gasteiger partial charge >= 0.3 is 0 Å². The lowest BCUT2D eigenvalue weighted by molar-refractivity contribution is -0.384. The monoisotopic (exact) mass is 274 g/mol. The van der Waals surface area contributed by atoms with Crippen molar-refractivity contribution in [3.63, 3.8) is 0 Å². The summed E-state index contributed by atoms with van der Waals surface area (Å²) in [5.41, 5.74) is 0.695. The zero-order chi connectivity index (χ0) is 13.4. The van der Waals surface area contributed by atoms with Crippen molar-refractivity contribution in [1.82, 2.24) is 5.32 Å². The molecule has 0 unspecified atom stereocenters. The van der Waals surface area contributed by atoms with Crippen molar-refractivity contribution < 1.29 is 14.8 Å². The molecule has 0 saturated heterocycles. The van der Waals surface area contributed by atoms with Crippen LogP contribution in [-0.2, 0) is 11.3 Å². The lowest BCUT2D eigenvalue weighted by Crippen LogP contribution is -2.20. The van der Waals surface area contributed by atoms with Gasteiger partial charge in [-0.3, -0.25) is 10.1 Å².